The number of hydrogen-bond acceptors (Lipinski definition) is 2. The molecule has 0 aliphatic rings. The maximum Gasteiger partial charge on any atom is 0.126 e. The van der Waals surface area contributed by atoms with Crippen LogP contribution in [0.25, 0.3) is 0 Å². The molecule has 0 aliphatic carbocycles. The molecule has 0 spiro atoms. The molecule has 0 fully saturated rings. The molecule has 2 aromatic rings. The van der Waals surface area contributed by atoms with Crippen molar-refractivity contribution in [1.29, 1.82) is 0 Å². The highest BCUT2D eigenvalue weighted by Gasteiger charge is 2.13. The lowest BCUT2D eigenvalue weighted by atomic mass is 10.1. The SMILES string of the molecule is NCCC(Oc1cccc(F)c1)c1cccc(Cl)c1. The van der Waals surface area contributed by atoms with Crippen LogP contribution in [0.1, 0.15) is 18.1 Å². The molecule has 0 aliphatic heterocycles. The normalized spacial score (nSPS) is 12.2. The van der Waals surface area contributed by atoms with Gasteiger partial charge in [0.25, 0.3) is 0 Å². The monoisotopic (exact) mass is 279 g/mol. The van der Waals surface area contributed by atoms with Crippen molar-refractivity contribution in [3.05, 3.63) is 64.9 Å². The second-order valence-electron chi connectivity index (χ2n) is 4.20. The fourth-order valence-electron chi connectivity index (χ4n) is 1.86. The standard InChI is InChI=1S/C15H15ClFNO/c16-12-4-1-3-11(9-12)15(7-8-18)19-14-6-2-5-13(17)10-14/h1-6,9-10,15H,7-8,18H2. The topological polar surface area (TPSA) is 35.2 Å². The molecule has 1 unspecified atom stereocenters. The number of ether oxygens (including phenoxy) is 1. The van der Waals surface area contributed by atoms with Gasteiger partial charge in [0, 0.05) is 17.5 Å². The highest BCUT2D eigenvalue weighted by molar-refractivity contribution is 6.30. The largest absolute Gasteiger partial charge is 0.486 e. The fraction of sp³-hybridized carbons (Fsp3) is 0.200. The average Bonchev–Trinajstić information content (AvgIpc) is 2.38. The molecule has 2 N–H and O–H groups in total. The summed E-state index contributed by atoms with van der Waals surface area (Å²) in [5.41, 5.74) is 6.53. The summed E-state index contributed by atoms with van der Waals surface area (Å²) >= 11 is 5.97. The Bertz CT molecular complexity index is 547. The van der Waals surface area contributed by atoms with Crippen molar-refractivity contribution >= 4 is 11.6 Å². The third-order valence-corrected chi connectivity index (χ3v) is 2.96. The summed E-state index contributed by atoms with van der Waals surface area (Å²) in [6.07, 6.45) is 0.405. The van der Waals surface area contributed by atoms with E-state index in [1.54, 1.807) is 18.2 Å². The summed E-state index contributed by atoms with van der Waals surface area (Å²) < 4.78 is 18.9. The first-order valence-electron chi connectivity index (χ1n) is 6.07. The molecule has 4 heteroatoms. The van der Waals surface area contributed by atoms with Crippen LogP contribution in [0.2, 0.25) is 5.02 Å². The van der Waals surface area contributed by atoms with Gasteiger partial charge in [0.1, 0.15) is 17.7 Å². The first-order chi connectivity index (χ1) is 9.19. The van der Waals surface area contributed by atoms with E-state index in [1.165, 1.54) is 12.1 Å². The Morgan fingerprint density at radius 1 is 1.16 bits per heavy atom. The molecule has 2 nitrogen and oxygen atoms in total. The van der Waals surface area contributed by atoms with Gasteiger partial charge in [-0.15, -0.1) is 0 Å². The van der Waals surface area contributed by atoms with Crippen molar-refractivity contribution in [2.45, 2.75) is 12.5 Å². The molecule has 0 radical (unpaired) electrons. The van der Waals surface area contributed by atoms with Crippen molar-refractivity contribution in [2.24, 2.45) is 5.73 Å². The van der Waals surface area contributed by atoms with Crippen LogP contribution in [0.4, 0.5) is 4.39 Å². The van der Waals surface area contributed by atoms with Crippen LogP contribution >= 0.6 is 11.6 Å². The number of halogens is 2. The van der Waals surface area contributed by atoms with Crippen LogP contribution in [0, 0.1) is 5.82 Å². The number of hydrogen-bond donors (Lipinski definition) is 1. The first-order valence-corrected chi connectivity index (χ1v) is 6.44. The second-order valence-corrected chi connectivity index (χ2v) is 4.63. The molecule has 0 bridgehead atoms. The van der Waals surface area contributed by atoms with E-state index in [2.05, 4.69) is 0 Å². The third-order valence-electron chi connectivity index (χ3n) is 2.72. The maximum atomic E-state index is 13.1. The van der Waals surface area contributed by atoms with E-state index >= 15 is 0 Å². The van der Waals surface area contributed by atoms with Crippen molar-refractivity contribution in [2.75, 3.05) is 6.54 Å². The number of benzene rings is 2. The Kier molecular flexibility index (Phi) is 4.77. The van der Waals surface area contributed by atoms with Crippen LogP contribution in [0.3, 0.4) is 0 Å². The van der Waals surface area contributed by atoms with Crippen molar-refractivity contribution in [1.82, 2.24) is 0 Å². The molecule has 0 heterocycles. The maximum absolute atomic E-state index is 13.1. The Balaban J connectivity index is 2.21. The van der Waals surface area contributed by atoms with Crippen molar-refractivity contribution in [3.8, 4) is 5.75 Å². The van der Waals surface area contributed by atoms with Gasteiger partial charge in [-0.05, 0) is 36.4 Å². The van der Waals surface area contributed by atoms with Crippen LogP contribution in [-0.2, 0) is 0 Å². The van der Waals surface area contributed by atoms with E-state index < -0.39 is 0 Å². The van der Waals surface area contributed by atoms with Gasteiger partial charge < -0.3 is 10.5 Å². The van der Waals surface area contributed by atoms with Gasteiger partial charge in [0.2, 0.25) is 0 Å². The van der Waals surface area contributed by atoms with E-state index in [0.717, 1.165) is 5.56 Å². The van der Waals surface area contributed by atoms with Gasteiger partial charge in [-0.25, -0.2) is 4.39 Å². The summed E-state index contributed by atoms with van der Waals surface area (Å²) in [6.45, 7) is 0.479. The highest BCUT2D eigenvalue weighted by Crippen LogP contribution is 2.26. The molecule has 1 atom stereocenters. The molecular weight excluding hydrogens is 265 g/mol. The zero-order valence-corrected chi connectivity index (χ0v) is 11.1. The van der Waals surface area contributed by atoms with Crippen LogP contribution in [0.5, 0.6) is 5.75 Å². The third kappa shape index (κ3) is 3.94. The lowest BCUT2D eigenvalue weighted by molar-refractivity contribution is 0.197. The molecule has 0 aromatic heterocycles. The summed E-state index contributed by atoms with van der Waals surface area (Å²) in [5.74, 6) is 0.161. The van der Waals surface area contributed by atoms with Crippen molar-refractivity contribution < 1.29 is 9.13 Å². The minimum Gasteiger partial charge on any atom is -0.486 e. The fourth-order valence-corrected chi connectivity index (χ4v) is 2.06. The smallest absolute Gasteiger partial charge is 0.126 e. The predicted octanol–water partition coefficient (Wildman–Crippen LogP) is 3.95. The Hall–Kier alpha value is -1.58. The second kappa shape index (κ2) is 6.55. The Labute approximate surface area is 117 Å². The summed E-state index contributed by atoms with van der Waals surface area (Å²) in [6, 6.07) is 13.5. The lowest BCUT2D eigenvalue weighted by Gasteiger charge is -2.19. The minimum absolute atomic E-state index is 0.231. The number of rotatable bonds is 5. The van der Waals surface area contributed by atoms with E-state index in [1.807, 2.05) is 18.2 Å². The van der Waals surface area contributed by atoms with E-state index in [4.69, 9.17) is 22.1 Å². The zero-order valence-electron chi connectivity index (χ0n) is 10.4. The quantitative estimate of drug-likeness (QED) is 0.899. The molecule has 2 rings (SSSR count). The zero-order chi connectivity index (χ0) is 13.7. The van der Waals surface area contributed by atoms with Gasteiger partial charge in [0.05, 0.1) is 0 Å². The lowest BCUT2D eigenvalue weighted by Crippen LogP contribution is -2.13. The van der Waals surface area contributed by atoms with E-state index in [0.29, 0.717) is 23.7 Å². The molecule has 0 amide bonds. The minimum atomic E-state index is -0.324. The van der Waals surface area contributed by atoms with Crippen molar-refractivity contribution in [3.63, 3.8) is 0 Å². The molecule has 100 valence electrons. The number of nitrogens with two attached hydrogens (primary N) is 1. The van der Waals surface area contributed by atoms with Crippen LogP contribution in [0.15, 0.2) is 48.5 Å². The summed E-state index contributed by atoms with van der Waals surface area (Å²) in [7, 11) is 0. The van der Waals surface area contributed by atoms with E-state index in [-0.39, 0.29) is 11.9 Å². The van der Waals surface area contributed by atoms with Gasteiger partial charge in [-0.2, -0.15) is 0 Å². The molecular formula is C15H15ClFNO. The van der Waals surface area contributed by atoms with Gasteiger partial charge >= 0.3 is 0 Å². The molecule has 0 saturated carbocycles. The average molecular weight is 280 g/mol. The van der Waals surface area contributed by atoms with Gasteiger partial charge in [0.15, 0.2) is 0 Å². The molecule has 2 aromatic carbocycles. The molecule has 19 heavy (non-hydrogen) atoms. The highest BCUT2D eigenvalue weighted by atomic mass is 35.5. The van der Waals surface area contributed by atoms with Gasteiger partial charge in [-0.3, -0.25) is 0 Å². The van der Waals surface area contributed by atoms with Crippen LogP contribution < -0.4 is 10.5 Å². The molecule has 0 saturated heterocycles. The summed E-state index contributed by atoms with van der Waals surface area (Å²) in [4.78, 5) is 0. The van der Waals surface area contributed by atoms with E-state index in [9.17, 15) is 4.39 Å². The Morgan fingerprint density at radius 3 is 2.63 bits per heavy atom. The Morgan fingerprint density at radius 2 is 1.95 bits per heavy atom. The first kappa shape index (κ1) is 13.8. The van der Waals surface area contributed by atoms with Gasteiger partial charge in [-0.1, -0.05) is 29.8 Å². The summed E-state index contributed by atoms with van der Waals surface area (Å²) in [5, 5.41) is 0.641. The predicted molar refractivity (Wildman–Crippen MR) is 74.9 cm³/mol. The van der Waals surface area contributed by atoms with Crippen LogP contribution in [-0.4, -0.2) is 6.54 Å².